The summed E-state index contributed by atoms with van der Waals surface area (Å²) in [6.45, 7) is 0.324. The van der Waals surface area contributed by atoms with Gasteiger partial charge in [0.1, 0.15) is 12.6 Å². The molecule has 2 N–H and O–H groups in total. The van der Waals surface area contributed by atoms with Crippen LogP contribution >= 0.6 is 0 Å². The lowest BCUT2D eigenvalue weighted by Crippen LogP contribution is -2.39. The summed E-state index contributed by atoms with van der Waals surface area (Å²) in [5.41, 5.74) is 0. The first kappa shape index (κ1) is 21.2. The number of carbonyl (C=O) groups excluding carboxylic acids is 6. The van der Waals surface area contributed by atoms with Crippen LogP contribution in [0.2, 0.25) is 0 Å². The summed E-state index contributed by atoms with van der Waals surface area (Å²) in [5.74, 6) is -2.42. The molecule has 1 rings (SSSR count). The molecule has 0 fully saturated rings. The van der Waals surface area contributed by atoms with E-state index < -0.39 is 23.6 Å². The first-order valence-corrected chi connectivity index (χ1v) is 8.46. The van der Waals surface area contributed by atoms with Crippen molar-refractivity contribution in [2.24, 2.45) is 5.92 Å². The molecule has 26 heavy (non-hydrogen) atoms. The lowest BCUT2D eigenvalue weighted by atomic mass is 10.0. The van der Waals surface area contributed by atoms with Crippen LogP contribution in [0, 0.1) is 5.92 Å². The molecule has 142 valence electrons. The van der Waals surface area contributed by atoms with Crippen molar-refractivity contribution < 1.29 is 28.8 Å². The number of nitrogens with zero attached hydrogens (tertiary/aromatic N) is 1. The quantitative estimate of drug-likeness (QED) is 0.188. The van der Waals surface area contributed by atoms with E-state index in [0.717, 1.165) is 23.3 Å². The van der Waals surface area contributed by atoms with Crippen LogP contribution in [0.3, 0.4) is 0 Å². The number of hydrogen-bond acceptors (Lipinski definition) is 6. The van der Waals surface area contributed by atoms with Crippen molar-refractivity contribution in [3.8, 4) is 0 Å². The van der Waals surface area contributed by atoms with E-state index in [9.17, 15) is 28.8 Å². The van der Waals surface area contributed by atoms with Crippen molar-refractivity contribution >= 4 is 36.2 Å². The highest BCUT2D eigenvalue weighted by Gasteiger charge is 2.23. The number of amides is 4. The molecular formula is C17H23N3O6. The third kappa shape index (κ3) is 7.37. The van der Waals surface area contributed by atoms with Crippen LogP contribution in [0.15, 0.2) is 12.2 Å². The van der Waals surface area contributed by atoms with Crippen LogP contribution in [0.5, 0.6) is 0 Å². The van der Waals surface area contributed by atoms with Crippen LogP contribution in [0.1, 0.15) is 32.1 Å². The molecule has 1 aliphatic rings. The summed E-state index contributed by atoms with van der Waals surface area (Å²) >= 11 is 0. The Hall–Kier alpha value is -2.84. The molecule has 0 bridgehead atoms. The van der Waals surface area contributed by atoms with Gasteiger partial charge in [-0.15, -0.1) is 0 Å². The molecule has 0 radical (unpaired) electrons. The highest BCUT2D eigenvalue weighted by molar-refractivity contribution is 6.13. The molecule has 9 nitrogen and oxygen atoms in total. The van der Waals surface area contributed by atoms with E-state index in [-0.39, 0.29) is 32.0 Å². The molecule has 0 aromatic rings. The number of nitrogens with one attached hydrogen (secondary N) is 2. The number of carbonyl (C=O) groups is 6. The van der Waals surface area contributed by atoms with Crippen molar-refractivity contribution in [2.75, 3.05) is 19.6 Å². The zero-order valence-corrected chi connectivity index (χ0v) is 14.4. The Balaban J connectivity index is 2.15. The van der Waals surface area contributed by atoms with Crippen molar-refractivity contribution in [1.82, 2.24) is 15.5 Å². The fraction of sp³-hybridized carbons (Fsp3) is 0.529. The maximum Gasteiger partial charge on any atom is 0.253 e. The van der Waals surface area contributed by atoms with Crippen molar-refractivity contribution in [3.63, 3.8) is 0 Å². The Morgan fingerprint density at radius 1 is 1.04 bits per heavy atom. The summed E-state index contributed by atoms with van der Waals surface area (Å²) in [4.78, 5) is 68.3. The average Bonchev–Trinajstić information content (AvgIpc) is 2.95. The number of unbranched alkanes of at least 4 members (excludes halogenated alkanes) is 2. The second-order valence-electron chi connectivity index (χ2n) is 5.75. The maximum atomic E-state index is 11.8. The van der Waals surface area contributed by atoms with E-state index in [0.29, 0.717) is 32.0 Å². The Labute approximate surface area is 151 Å². The van der Waals surface area contributed by atoms with Gasteiger partial charge in [0.15, 0.2) is 0 Å². The summed E-state index contributed by atoms with van der Waals surface area (Å²) < 4.78 is 0. The van der Waals surface area contributed by atoms with Gasteiger partial charge in [0.25, 0.3) is 11.8 Å². The van der Waals surface area contributed by atoms with Gasteiger partial charge in [0.05, 0.1) is 5.92 Å². The zero-order chi connectivity index (χ0) is 19.4. The number of imide groups is 1. The first-order chi connectivity index (χ1) is 12.5. The normalized spacial score (nSPS) is 14.2. The summed E-state index contributed by atoms with van der Waals surface area (Å²) in [7, 11) is 0. The number of rotatable bonds is 13. The van der Waals surface area contributed by atoms with E-state index in [1.807, 2.05) is 0 Å². The molecule has 0 aliphatic carbocycles. The van der Waals surface area contributed by atoms with Crippen LogP contribution in [0.25, 0.3) is 0 Å². The molecular weight excluding hydrogens is 342 g/mol. The van der Waals surface area contributed by atoms with Gasteiger partial charge < -0.3 is 20.2 Å². The highest BCUT2D eigenvalue weighted by Crippen LogP contribution is 2.07. The predicted octanol–water partition coefficient (Wildman–Crippen LogP) is -0.892. The predicted molar refractivity (Wildman–Crippen MR) is 90.6 cm³/mol. The average molecular weight is 365 g/mol. The van der Waals surface area contributed by atoms with E-state index in [1.54, 1.807) is 0 Å². The van der Waals surface area contributed by atoms with Gasteiger partial charge in [0.2, 0.25) is 11.8 Å². The minimum atomic E-state index is -0.767. The van der Waals surface area contributed by atoms with Crippen LogP contribution < -0.4 is 10.6 Å². The van der Waals surface area contributed by atoms with Crippen LogP contribution in [-0.2, 0) is 28.8 Å². The van der Waals surface area contributed by atoms with Gasteiger partial charge in [0, 0.05) is 44.6 Å². The molecule has 9 heteroatoms. The summed E-state index contributed by atoms with van der Waals surface area (Å²) in [5, 5.41) is 5.12. The summed E-state index contributed by atoms with van der Waals surface area (Å²) in [6.07, 6.45) is 5.67. The lowest BCUT2D eigenvalue weighted by Gasteiger charge is -2.14. The molecule has 0 aromatic carbocycles. The molecule has 1 atom stereocenters. The van der Waals surface area contributed by atoms with Gasteiger partial charge in [-0.25, -0.2) is 0 Å². The topological polar surface area (TPSA) is 130 Å². The second-order valence-corrected chi connectivity index (χ2v) is 5.75. The monoisotopic (exact) mass is 365 g/mol. The molecule has 0 saturated carbocycles. The minimum absolute atomic E-state index is 0.00311. The Morgan fingerprint density at radius 3 is 2.31 bits per heavy atom. The SMILES string of the molecule is O=CCCCCC(C=O)C(=O)NCCNC(=O)CCN1C(=O)C=CC1=O. The molecule has 0 saturated heterocycles. The fourth-order valence-corrected chi connectivity index (χ4v) is 2.32. The highest BCUT2D eigenvalue weighted by atomic mass is 16.2. The van der Waals surface area contributed by atoms with E-state index in [4.69, 9.17) is 0 Å². The Kier molecular flexibility index (Phi) is 9.52. The third-order valence-electron chi connectivity index (χ3n) is 3.80. The van der Waals surface area contributed by atoms with Crippen molar-refractivity contribution in [3.05, 3.63) is 12.2 Å². The molecule has 1 heterocycles. The zero-order valence-electron chi connectivity index (χ0n) is 14.4. The second kappa shape index (κ2) is 11.7. The van der Waals surface area contributed by atoms with E-state index in [2.05, 4.69) is 10.6 Å². The summed E-state index contributed by atoms with van der Waals surface area (Å²) in [6, 6.07) is 0. The molecule has 0 aromatic heterocycles. The third-order valence-corrected chi connectivity index (χ3v) is 3.80. The van der Waals surface area contributed by atoms with Crippen molar-refractivity contribution in [1.29, 1.82) is 0 Å². The van der Waals surface area contributed by atoms with E-state index >= 15 is 0 Å². The smallest absolute Gasteiger partial charge is 0.253 e. The largest absolute Gasteiger partial charge is 0.354 e. The number of hydrogen-bond donors (Lipinski definition) is 2. The Morgan fingerprint density at radius 2 is 1.69 bits per heavy atom. The Bertz CT molecular complexity index is 569. The van der Waals surface area contributed by atoms with Gasteiger partial charge in [-0.1, -0.05) is 6.42 Å². The van der Waals surface area contributed by atoms with Gasteiger partial charge in [-0.2, -0.15) is 0 Å². The maximum absolute atomic E-state index is 11.8. The molecule has 1 unspecified atom stereocenters. The minimum Gasteiger partial charge on any atom is -0.354 e. The molecule has 4 amide bonds. The number of aldehydes is 2. The molecule has 0 spiro atoms. The molecule has 1 aliphatic heterocycles. The van der Waals surface area contributed by atoms with Crippen LogP contribution in [-0.4, -0.2) is 60.7 Å². The standard InChI is InChI=1S/C17H23N3O6/c21-11-3-1-2-4-13(12-22)17(26)19-9-8-18-14(23)7-10-20-15(24)5-6-16(20)25/h5-6,11-13H,1-4,7-10H2,(H,18,23)(H,19,26). The van der Waals surface area contributed by atoms with Gasteiger partial charge in [-0.3, -0.25) is 24.1 Å². The van der Waals surface area contributed by atoms with Gasteiger partial charge >= 0.3 is 0 Å². The van der Waals surface area contributed by atoms with Gasteiger partial charge in [-0.05, 0) is 12.8 Å². The first-order valence-electron chi connectivity index (χ1n) is 8.46. The fourth-order valence-electron chi connectivity index (χ4n) is 2.32. The lowest BCUT2D eigenvalue weighted by molar-refractivity contribution is -0.137. The van der Waals surface area contributed by atoms with Crippen molar-refractivity contribution in [2.45, 2.75) is 32.1 Å². The van der Waals surface area contributed by atoms with E-state index in [1.165, 1.54) is 0 Å². The van der Waals surface area contributed by atoms with Crippen LogP contribution in [0.4, 0.5) is 0 Å².